The molecule has 142 valence electrons. The standard InChI is InChI=1S/C23H34N2O/c1-26-22-14-6-5-9-19(22)12-7-16-25-18-17-24-15-8-13-21(24)23(25)20-10-3-2-4-11-20/h5-7,9,12,14,20-21,23H,2-4,8,10-11,13,15-18H2,1H3/b12-7+/t21-,23+/m1/s1. The van der Waals surface area contributed by atoms with Crippen LogP contribution in [0.5, 0.6) is 5.75 Å². The Labute approximate surface area is 159 Å². The molecule has 0 bridgehead atoms. The van der Waals surface area contributed by atoms with E-state index in [2.05, 4.69) is 34.1 Å². The van der Waals surface area contributed by atoms with Crippen molar-refractivity contribution >= 4 is 6.08 Å². The summed E-state index contributed by atoms with van der Waals surface area (Å²) in [5.74, 6) is 1.88. The quantitative estimate of drug-likeness (QED) is 0.777. The van der Waals surface area contributed by atoms with E-state index >= 15 is 0 Å². The lowest BCUT2D eigenvalue weighted by Gasteiger charge is -2.49. The number of hydrogen-bond donors (Lipinski definition) is 0. The second kappa shape index (κ2) is 8.58. The van der Waals surface area contributed by atoms with Crippen LogP contribution in [0.1, 0.15) is 50.5 Å². The zero-order chi connectivity index (χ0) is 17.8. The van der Waals surface area contributed by atoms with Crippen molar-refractivity contribution in [2.45, 2.75) is 57.0 Å². The van der Waals surface area contributed by atoms with E-state index in [1.54, 1.807) is 7.11 Å². The molecule has 3 heteroatoms. The van der Waals surface area contributed by atoms with Crippen LogP contribution in [0, 0.1) is 5.92 Å². The van der Waals surface area contributed by atoms with Crippen LogP contribution in [0.3, 0.4) is 0 Å². The lowest BCUT2D eigenvalue weighted by atomic mass is 9.78. The molecule has 3 fully saturated rings. The number of rotatable bonds is 5. The first-order chi connectivity index (χ1) is 12.9. The van der Waals surface area contributed by atoms with Gasteiger partial charge in [-0.05, 0) is 44.2 Å². The summed E-state index contributed by atoms with van der Waals surface area (Å²) in [7, 11) is 1.76. The van der Waals surface area contributed by atoms with Crippen LogP contribution in [0.15, 0.2) is 30.3 Å². The smallest absolute Gasteiger partial charge is 0.126 e. The zero-order valence-electron chi connectivity index (χ0n) is 16.3. The maximum Gasteiger partial charge on any atom is 0.126 e. The van der Waals surface area contributed by atoms with Crippen molar-refractivity contribution in [2.75, 3.05) is 33.3 Å². The Morgan fingerprint density at radius 2 is 1.85 bits per heavy atom. The van der Waals surface area contributed by atoms with Crippen LogP contribution in [-0.4, -0.2) is 55.2 Å². The van der Waals surface area contributed by atoms with E-state index in [1.807, 2.05) is 12.1 Å². The highest BCUT2D eigenvalue weighted by molar-refractivity contribution is 5.57. The summed E-state index contributed by atoms with van der Waals surface area (Å²) in [6, 6.07) is 9.89. The third-order valence-corrected chi connectivity index (χ3v) is 6.81. The van der Waals surface area contributed by atoms with Crippen LogP contribution in [0.25, 0.3) is 6.08 Å². The average molecular weight is 355 g/mol. The first-order valence-corrected chi connectivity index (χ1v) is 10.6. The van der Waals surface area contributed by atoms with E-state index in [9.17, 15) is 0 Å². The van der Waals surface area contributed by atoms with Gasteiger partial charge in [0.25, 0.3) is 0 Å². The highest BCUT2D eigenvalue weighted by Gasteiger charge is 2.42. The molecule has 2 saturated heterocycles. The topological polar surface area (TPSA) is 15.7 Å². The minimum absolute atomic E-state index is 0.772. The molecule has 2 atom stereocenters. The summed E-state index contributed by atoms with van der Waals surface area (Å²) < 4.78 is 5.49. The van der Waals surface area contributed by atoms with Gasteiger partial charge in [0.2, 0.25) is 0 Å². The van der Waals surface area contributed by atoms with E-state index in [-0.39, 0.29) is 0 Å². The van der Waals surface area contributed by atoms with E-state index in [0.717, 1.165) is 30.3 Å². The van der Waals surface area contributed by atoms with Crippen molar-refractivity contribution < 1.29 is 4.74 Å². The molecule has 3 nitrogen and oxygen atoms in total. The van der Waals surface area contributed by atoms with Gasteiger partial charge in [-0.2, -0.15) is 0 Å². The number of fused-ring (bicyclic) bond motifs is 1. The highest BCUT2D eigenvalue weighted by Crippen LogP contribution is 2.37. The van der Waals surface area contributed by atoms with Crippen LogP contribution in [0.4, 0.5) is 0 Å². The second-order valence-electron chi connectivity index (χ2n) is 8.27. The molecule has 1 aromatic carbocycles. The van der Waals surface area contributed by atoms with Gasteiger partial charge in [-0.3, -0.25) is 9.80 Å². The van der Waals surface area contributed by atoms with Gasteiger partial charge in [0.15, 0.2) is 0 Å². The number of hydrogen-bond acceptors (Lipinski definition) is 3. The molecule has 0 N–H and O–H groups in total. The molecule has 26 heavy (non-hydrogen) atoms. The SMILES string of the molecule is COc1ccccc1/C=C/CN1CCN2CCC[C@@H]2[C@@H]1C1CCCCC1. The molecule has 2 aliphatic heterocycles. The molecule has 3 aliphatic rings. The van der Waals surface area contributed by atoms with Crippen LogP contribution < -0.4 is 4.74 Å². The first kappa shape index (κ1) is 18.1. The Kier molecular flexibility index (Phi) is 5.96. The van der Waals surface area contributed by atoms with Gasteiger partial charge in [-0.15, -0.1) is 0 Å². The Balaban J connectivity index is 1.47. The third kappa shape index (κ3) is 3.84. The highest BCUT2D eigenvalue weighted by atomic mass is 16.5. The molecule has 1 aromatic rings. The predicted octanol–water partition coefficient (Wildman–Crippen LogP) is 4.44. The summed E-state index contributed by atoms with van der Waals surface area (Å²) >= 11 is 0. The minimum atomic E-state index is 0.772. The fraction of sp³-hybridized carbons (Fsp3) is 0.652. The maximum absolute atomic E-state index is 5.49. The van der Waals surface area contributed by atoms with Crippen LogP contribution >= 0.6 is 0 Å². The number of methoxy groups -OCH3 is 1. The van der Waals surface area contributed by atoms with E-state index in [1.165, 1.54) is 70.1 Å². The monoisotopic (exact) mass is 354 g/mol. The molecule has 0 aromatic heterocycles. The first-order valence-electron chi connectivity index (χ1n) is 10.6. The Morgan fingerprint density at radius 1 is 1.00 bits per heavy atom. The van der Waals surface area contributed by atoms with E-state index in [4.69, 9.17) is 4.74 Å². The van der Waals surface area contributed by atoms with Crippen molar-refractivity contribution in [1.29, 1.82) is 0 Å². The van der Waals surface area contributed by atoms with E-state index < -0.39 is 0 Å². The summed E-state index contributed by atoms with van der Waals surface area (Å²) in [6.07, 6.45) is 14.6. The molecular weight excluding hydrogens is 320 g/mol. The van der Waals surface area contributed by atoms with Crippen molar-refractivity contribution in [3.05, 3.63) is 35.9 Å². The van der Waals surface area contributed by atoms with Crippen molar-refractivity contribution in [3.63, 3.8) is 0 Å². The molecule has 0 amide bonds. The van der Waals surface area contributed by atoms with Gasteiger partial charge in [0, 0.05) is 37.3 Å². The van der Waals surface area contributed by atoms with Gasteiger partial charge >= 0.3 is 0 Å². The summed E-state index contributed by atoms with van der Waals surface area (Å²) in [5, 5.41) is 0. The average Bonchev–Trinajstić information content (AvgIpc) is 3.17. The number of benzene rings is 1. The molecule has 1 aliphatic carbocycles. The number of nitrogens with zero attached hydrogens (tertiary/aromatic N) is 2. The van der Waals surface area contributed by atoms with Crippen LogP contribution in [-0.2, 0) is 0 Å². The number of ether oxygens (including phenoxy) is 1. The zero-order valence-corrected chi connectivity index (χ0v) is 16.3. The van der Waals surface area contributed by atoms with Crippen molar-refractivity contribution in [3.8, 4) is 5.75 Å². The molecular formula is C23H34N2O. The van der Waals surface area contributed by atoms with E-state index in [0.29, 0.717) is 0 Å². The molecule has 1 saturated carbocycles. The second-order valence-corrected chi connectivity index (χ2v) is 8.27. The van der Waals surface area contributed by atoms with Crippen molar-refractivity contribution in [1.82, 2.24) is 9.80 Å². The van der Waals surface area contributed by atoms with Gasteiger partial charge in [0.1, 0.15) is 5.75 Å². The Hall–Kier alpha value is -1.32. The van der Waals surface area contributed by atoms with Gasteiger partial charge in [-0.25, -0.2) is 0 Å². The normalized spacial score (nSPS) is 28.5. The Morgan fingerprint density at radius 3 is 2.69 bits per heavy atom. The molecule has 0 unspecified atom stereocenters. The third-order valence-electron chi connectivity index (χ3n) is 6.81. The number of piperazine rings is 1. The van der Waals surface area contributed by atoms with Gasteiger partial charge < -0.3 is 4.74 Å². The fourth-order valence-corrected chi connectivity index (χ4v) is 5.59. The largest absolute Gasteiger partial charge is 0.496 e. The molecule has 2 heterocycles. The van der Waals surface area contributed by atoms with Gasteiger partial charge in [0.05, 0.1) is 7.11 Å². The number of para-hydroxylation sites is 1. The summed E-state index contributed by atoms with van der Waals surface area (Å²) in [4.78, 5) is 5.59. The lowest BCUT2D eigenvalue weighted by molar-refractivity contribution is 0.00831. The fourth-order valence-electron chi connectivity index (χ4n) is 5.59. The predicted molar refractivity (Wildman–Crippen MR) is 109 cm³/mol. The summed E-state index contributed by atoms with van der Waals surface area (Å²) in [6.45, 7) is 4.90. The maximum atomic E-state index is 5.49. The van der Waals surface area contributed by atoms with Gasteiger partial charge in [-0.1, -0.05) is 49.6 Å². The molecule has 0 spiro atoms. The Bertz CT molecular complexity index is 608. The van der Waals surface area contributed by atoms with Crippen LogP contribution in [0.2, 0.25) is 0 Å². The lowest BCUT2D eigenvalue weighted by Crippen LogP contribution is -2.60. The molecule has 0 radical (unpaired) electrons. The van der Waals surface area contributed by atoms with Crippen molar-refractivity contribution in [2.24, 2.45) is 5.92 Å². The summed E-state index contributed by atoms with van der Waals surface area (Å²) in [5.41, 5.74) is 1.18. The minimum Gasteiger partial charge on any atom is -0.496 e. The molecule has 4 rings (SSSR count).